The number of hydrogen-bond donors (Lipinski definition) is 1. The minimum absolute atomic E-state index is 0.810. The second kappa shape index (κ2) is 5.54. The fraction of sp³-hybridized carbons (Fsp3) is 0.600. The van der Waals surface area contributed by atoms with Gasteiger partial charge in [-0.1, -0.05) is 13.0 Å². The van der Waals surface area contributed by atoms with Crippen molar-refractivity contribution in [3.05, 3.63) is 29.3 Å². The minimum Gasteiger partial charge on any atom is -0.369 e. The van der Waals surface area contributed by atoms with Crippen molar-refractivity contribution >= 4 is 5.69 Å². The van der Waals surface area contributed by atoms with E-state index in [0.717, 1.165) is 12.6 Å². The molecular weight excluding hydrogens is 208 g/mol. The van der Waals surface area contributed by atoms with Crippen LogP contribution in [0.15, 0.2) is 18.2 Å². The summed E-state index contributed by atoms with van der Waals surface area (Å²) in [6.45, 7) is 6.63. The van der Waals surface area contributed by atoms with Gasteiger partial charge in [0.05, 0.1) is 0 Å². The van der Waals surface area contributed by atoms with Crippen molar-refractivity contribution in [1.29, 1.82) is 0 Å². The molecule has 0 saturated heterocycles. The Balaban J connectivity index is 2.16. The van der Waals surface area contributed by atoms with Gasteiger partial charge in [-0.3, -0.25) is 0 Å². The first-order valence-corrected chi connectivity index (χ1v) is 6.77. The van der Waals surface area contributed by atoms with E-state index >= 15 is 0 Å². The fourth-order valence-electron chi connectivity index (χ4n) is 2.40. The van der Waals surface area contributed by atoms with Gasteiger partial charge in [0.25, 0.3) is 0 Å². The molecule has 0 unspecified atom stereocenters. The molecule has 2 heteroatoms. The van der Waals surface area contributed by atoms with E-state index in [4.69, 9.17) is 0 Å². The molecule has 0 radical (unpaired) electrons. The summed E-state index contributed by atoms with van der Waals surface area (Å²) in [5.74, 6) is 0. The van der Waals surface area contributed by atoms with Gasteiger partial charge in [0.1, 0.15) is 0 Å². The van der Waals surface area contributed by atoms with E-state index in [1.807, 2.05) is 7.05 Å². The monoisotopic (exact) mass is 232 g/mol. The molecule has 1 aromatic carbocycles. The smallest absolute Gasteiger partial charge is 0.0371 e. The first-order valence-electron chi connectivity index (χ1n) is 6.77. The summed E-state index contributed by atoms with van der Waals surface area (Å²) < 4.78 is 0. The summed E-state index contributed by atoms with van der Waals surface area (Å²) in [6, 6.07) is 7.71. The molecule has 0 amide bonds. The van der Waals surface area contributed by atoms with Crippen molar-refractivity contribution in [3.63, 3.8) is 0 Å². The molecule has 1 aliphatic rings. The van der Waals surface area contributed by atoms with Gasteiger partial charge >= 0.3 is 0 Å². The van der Waals surface area contributed by atoms with Crippen molar-refractivity contribution < 1.29 is 0 Å². The third-order valence-corrected chi connectivity index (χ3v) is 3.48. The van der Waals surface area contributed by atoms with Crippen molar-refractivity contribution in [1.82, 2.24) is 5.32 Å². The number of nitrogens with zero attached hydrogens (tertiary/aromatic N) is 1. The number of anilines is 1. The minimum atomic E-state index is 0.810. The van der Waals surface area contributed by atoms with E-state index in [9.17, 15) is 0 Å². The van der Waals surface area contributed by atoms with Gasteiger partial charge in [-0.15, -0.1) is 0 Å². The lowest BCUT2D eigenvalue weighted by Crippen LogP contribution is -2.26. The molecule has 0 bridgehead atoms. The summed E-state index contributed by atoms with van der Waals surface area (Å²) in [5, 5.41) is 3.22. The normalized spacial score (nSPS) is 15.0. The van der Waals surface area contributed by atoms with Crippen LogP contribution in [-0.4, -0.2) is 19.6 Å². The lowest BCUT2D eigenvalue weighted by Gasteiger charge is -2.25. The van der Waals surface area contributed by atoms with Crippen LogP contribution in [-0.2, 0) is 6.54 Å². The van der Waals surface area contributed by atoms with Crippen molar-refractivity contribution in [2.45, 2.75) is 45.7 Å². The van der Waals surface area contributed by atoms with Crippen molar-refractivity contribution in [2.24, 2.45) is 0 Å². The first kappa shape index (κ1) is 12.4. The maximum absolute atomic E-state index is 3.22. The molecule has 2 rings (SSSR count). The van der Waals surface area contributed by atoms with E-state index in [1.54, 1.807) is 0 Å². The van der Waals surface area contributed by atoms with Crippen LogP contribution in [0.25, 0.3) is 0 Å². The Labute approximate surface area is 105 Å². The van der Waals surface area contributed by atoms with Crippen LogP contribution in [0.3, 0.4) is 0 Å². The maximum atomic E-state index is 3.22. The highest BCUT2D eigenvalue weighted by Crippen LogP contribution is 2.32. The standard InChI is InChI=1S/C15H24N2/c1-4-9-17(14-7-8-14)15-6-5-13(11-16-3)12(2)10-15/h5-6,10,14,16H,4,7-9,11H2,1-3H3. The van der Waals surface area contributed by atoms with Crippen LogP contribution >= 0.6 is 0 Å². The molecule has 2 nitrogen and oxygen atoms in total. The van der Waals surface area contributed by atoms with Gasteiger partial charge in [0.15, 0.2) is 0 Å². The van der Waals surface area contributed by atoms with Gasteiger partial charge in [-0.25, -0.2) is 0 Å². The number of benzene rings is 1. The first-order chi connectivity index (χ1) is 8.26. The Morgan fingerprint density at radius 3 is 2.65 bits per heavy atom. The van der Waals surface area contributed by atoms with E-state index in [1.165, 1.54) is 42.6 Å². The molecule has 0 atom stereocenters. The molecule has 1 saturated carbocycles. The summed E-state index contributed by atoms with van der Waals surface area (Å²) in [4.78, 5) is 2.58. The van der Waals surface area contributed by atoms with Crippen molar-refractivity contribution in [3.8, 4) is 0 Å². The number of nitrogens with one attached hydrogen (secondary N) is 1. The van der Waals surface area contributed by atoms with Crippen LogP contribution in [0.1, 0.15) is 37.3 Å². The van der Waals surface area contributed by atoms with Gasteiger partial charge in [0.2, 0.25) is 0 Å². The summed E-state index contributed by atoms with van der Waals surface area (Å²) in [6.07, 6.45) is 3.97. The van der Waals surface area contributed by atoms with E-state index in [2.05, 4.69) is 42.3 Å². The highest BCUT2D eigenvalue weighted by atomic mass is 15.2. The van der Waals surface area contributed by atoms with Crippen LogP contribution in [0.5, 0.6) is 0 Å². The third kappa shape index (κ3) is 3.01. The third-order valence-electron chi connectivity index (χ3n) is 3.48. The van der Waals surface area contributed by atoms with Crippen molar-refractivity contribution in [2.75, 3.05) is 18.5 Å². The molecule has 0 heterocycles. The average Bonchev–Trinajstić information content (AvgIpc) is 3.13. The predicted octanol–water partition coefficient (Wildman–Crippen LogP) is 3.09. The Kier molecular flexibility index (Phi) is 4.06. The van der Waals surface area contributed by atoms with E-state index in [-0.39, 0.29) is 0 Å². The predicted molar refractivity (Wildman–Crippen MR) is 74.6 cm³/mol. The Morgan fingerprint density at radius 2 is 2.12 bits per heavy atom. The van der Waals surface area contributed by atoms with Crippen LogP contribution in [0.4, 0.5) is 5.69 Å². The highest BCUT2D eigenvalue weighted by molar-refractivity contribution is 5.52. The number of aryl methyl sites for hydroxylation is 1. The molecule has 17 heavy (non-hydrogen) atoms. The lowest BCUT2D eigenvalue weighted by atomic mass is 10.1. The SMILES string of the molecule is CCCN(c1ccc(CNC)c(C)c1)C1CC1. The second-order valence-corrected chi connectivity index (χ2v) is 5.07. The summed E-state index contributed by atoms with van der Waals surface area (Å²) in [5.41, 5.74) is 4.22. The Bertz CT molecular complexity index is 369. The molecule has 1 N–H and O–H groups in total. The lowest BCUT2D eigenvalue weighted by molar-refractivity contribution is 0.760. The summed E-state index contributed by atoms with van der Waals surface area (Å²) >= 11 is 0. The number of hydrogen-bond acceptors (Lipinski definition) is 2. The van der Waals surface area contributed by atoms with Crippen LogP contribution < -0.4 is 10.2 Å². The molecule has 0 spiro atoms. The van der Waals surface area contributed by atoms with Crippen LogP contribution in [0.2, 0.25) is 0 Å². The zero-order valence-electron chi connectivity index (χ0n) is 11.3. The Morgan fingerprint density at radius 1 is 1.35 bits per heavy atom. The molecule has 0 aliphatic heterocycles. The van der Waals surface area contributed by atoms with Crippen LogP contribution in [0, 0.1) is 6.92 Å². The van der Waals surface area contributed by atoms with E-state index < -0.39 is 0 Å². The summed E-state index contributed by atoms with van der Waals surface area (Å²) in [7, 11) is 2.00. The van der Waals surface area contributed by atoms with Gasteiger partial charge in [0, 0.05) is 24.8 Å². The quantitative estimate of drug-likeness (QED) is 0.811. The molecule has 94 valence electrons. The average molecular weight is 232 g/mol. The molecule has 1 fully saturated rings. The molecule has 0 aromatic heterocycles. The Hall–Kier alpha value is -1.02. The van der Waals surface area contributed by atoms with Gasteiger partial charge < -0.3 is 10.2 Å². The van der Waals surface area contributed by atoms with Gasteiger partial charge in [-0.05, 0) is 56.5 Å². The zero-order valence-corrected chi connectivity index (χ0v) is 11.3. The molecule has 1 aliphatic carbocycles. The van der Waals surface area contributed by atoms with Gasteiger partial charge in [-0.2, -0.15) is 0 Å². The molecular formula is C15H24N2. The zero-order chi connectivity index (χ0) is 12.3. The maximum Gasteiger partial charge on any atom is 0.0371 e. The number of rotatable bonds is 6. The fourth-order valence-corrected chi connectivity index (χ4v) is 2.40. The second-order valence-electron chi connectivity index (χ2n) is 5.07. The molecule has 1 aromatic rings. The van der Waals surface area contributed by atoms with E-state index in [0.29, 0.717) is 0 Å². The highest BCUT2D eigenvalue weighted by Gasteiger charge is 2.28. The largest absolute Gasteiger partial charge is 0.369 e. The topological polar surface area (TPSA) is 15.3 Å².